The summed E-state index contributed by atoms with van der Waals surface area (Å²) in [4.78, 5) is 0. The molecule has 0 bridgehead atoms. The van der Waals surface area contributed by atoms with E-state index in [9.17, 15) is 0 Å². The fraction of sp³-hybridized carbons (Fsp3) is 0.318. The lowest BCUT2D eigenvalue weighted by Gasteiger charge is -2.07. The maximum atomic E-state index is 5.62. The molecule has 0 fully saturated rings. The van der Waals surface area contributed by atoms with Crippen LogP contribution in [0.3, 0.4) is 0 Å². The standard InChI is InChI=1S/C22H23N2O2/c1-16-6-8-17(9-7-16)19-14-23-12-4-2-3-5-22(23)24(19)18-10-11-20-21(13-18)26-15-25-20/h6-11,13-14H,2-5,12,15H2,1H3/q+1. The highest BCUT2D eigenvalue weighted by atomic mass is 16.7. The first-order valence-electron chi connectivity index (χ1n) is 9.41. The van der Waals surface area contributed by atoms with Crippen molar-refractivity contribution in [2.24, 2.45) is 0 Å². The highest BCUT2D eigenvalue weighted by Crippen LogP contribution is 2.35. The molecule has 3 aromatic rings. The molecule has 1 aromatic heterocycles. The molecule has 0 unspecified atom stereocenters. The van der Waals surface area contributed by atoms with Gasteiger partial charge in [0.15, 0.2) is 17.2 Å². The zero-order valence-electron chi connectivity index (χ0n) is 15.1. The second kappa shape index (κ2) is 6.20. The molecule has 4 heteroatoms. The predicted octanol–water partition coefficient (Wildman–Crippen LogP) is 4.20. The van der Waals surface area contributed by atoms with Gasteiger partial charge in [0.2, 0.25) is 6.79 Å². The minimum absolute atomic E-state index is 0.308. The molecule has 0 saturated carbocycles. The average molecular weight is 347 g/mol. The van der Waals surface area contributed by atoms with Crippen LogP contribution in [0, 0.1) is 6.92 Å². The van der Waals surface area contributed by atoms with E-state index >= 15 is 0 Å². The number of rotatable bonds is 2. The Morgan fingerprint density at radius 3 is 2.65 bits per heavy atom. The van der Waals surface area contributed by atoms with E-state index in [2.05, 4.69) is 58.7 Å². The Morgan fingerprint density at radius 1 is 0.923 bits per heavy atom. The SMILES string of the molecule is Cc1ccc(-c2c[n+]3c(n2-c2ccc4c(c2)OCO4)CCCCC3)cc1. The van der Waals surface area contributed by atoms with Crippen molar-refractivity contribution < 1.29 is 14.0 Å². The van der Waals surface area contributed by atoms with Gasteiger partial charge in [0.05, 0.1) is 6.54 Å². The van der Waals surface area contributed by atoms with Gasteiger partial charge in [-0.2, -0.15) is 4.57 Å². The van der Waals surface area contributed by atoms with Crippen LogP contribution < -0.4 is 14.0 Å². The maximum absolute atomic E-state index is 5.62. The van der Waals surface area contributed by atoms with Crippen molar-refractivity contribution in [3.05, 3.63) is 60.0 Å². The Balaban J connectivity index is 1.71. The molecule has 0 spiro atoms. The summed E-state index contributed by atoms with van der Waals surface area (Å²) in [5.41, 5.74) is 4.90. The minimum Gasteiger partial charge on any atom is -0.454 e. The van der Waals surface area contributed by atoms with Crippen LogP contribution in [-0.2, 0) is 13.0 Å². The molecule has 2 aliphatic rings. The molecular formula is C22H23N2O2+. The van der Waals surface area contributed by atoms with Gasteiger partial charge in [-0.1, -0.05) is 29.8 Å². The Kier molecular flexibility index (Phi) is 3.70. The molecule has 2 aliphatic heterocycles. The first-order valence-corrected chi connectivity index (χ1v) is 9.41. The monoisotopic (exact) mass is 347 g/mol. The molecule has 5 rings (SSSR count). The van der Waals surface area contributed by atoms with Crippen molar-refractivity contribution in [3.63, 3.8) is 0 Å². The van der Waals surface area contributed by atoms with Crippen molar-refractivity contribution in [1.29, 1.82) is 0 Å². The van der Waals surface area contributed by atoms with Crippen LogP contribution >= 0.6 is 0 Å². The van der Waals surface area contributed by atoms with Crippen LogP contribution in [0.25, 0.3) is 16.9 Å². The Labute approximate surface area is 153 Å². The zero-order chi connectivity index (χ0) is 17.5. The third kappa shape index (κ3) is 2.57. The van der Waals surface area contributed by atoms with Crippen LogP contribution in [0.2, 0.25) is 0 Å². The number of aryl methyl sites for hydroxylation is 2. The van der Waals surface area contributed by atoms with E-state index in [1.807, 2.05) is 6.07 Å². The molecule has 0 radical (unpaired) electrons. The van der Waals surface area contributed by atoms with Crippen molar-refractivity contribution in [3.8, 4) is 28.4 Å². The quantitative estimate of drug-likeness (QED) is 0.650. The summed E-state index contributed by atoms with van der Waals surface area (Å²) < 4.78 is 16.0. The highest BCUT2D eigenvalue weighted by Gasteiger charge is 2.28. The predicted molar refractivity (Wildman–Crippen MR) is 99.8 cm³/mol. The number of imidazole rings is 1. The molecule has 0 aliphatic carbocycles. The summed E-state index contributed by atoms with van der Waals surface area (Å²) in [6, 6.07) is 15.1. The van der Waals surface area contributed by atoms with Gasteiger partial charge in [-0.05, 0) is 38.3 Å². The van der Waals surface area contributed by atoms with Gasteiger partial charge in [-0.3, -0.25) is 0 Å². The van der Waals surface area contributed by atoms with E-state index in [0.717, 1.165) is 30.2 Å². The van der Waals surface area contributed by atoms with E-state index in [1.54, 1.807) is 0 Å². The molecule has 4 nitrogen and oxygen atoms in total. The van der Waals surface area contributed by atoms with Gasteiger partial charge in [-0.15, -0.1) is 0 Å². The summed E-state index contributed by atoms with van der Waals surface area (Å²) in [6.45, 7) is 3.53. The average Bonchev–Trinajstić information content (AvgIpc) is 3.20. The minimum atomic E-state index is 0.308. The van der Waals surface area contributed by atoms with Crippen LogP contribution in [0.4, 0.5) is 0 Å². The molecule has 0 atom stereocenters. The summed E-state index contributed by atoms with van der Waals surface area (Å²) in [6.07, 6.45) is 7.19. The van der Waals surface area contributed by atoms with E-state index in [4.69, 9.17) is 9.47 Å². The largest absolute Gasteiger partial charge is 0.454 e. The van der Waals surface area contributed by atoms with E-state index in [1.165, 1.54) is 41.9 Å². The molecule has 2 aromatic carbocycles. The number of benzene rings is 2. The van der Waals surface area contributed by atoms with E-state index in [-0.39, 0.29) is 0 Å². The van der Waals surface area contributed by atoms with Crippen molar-refractivity contribution in [1.82, 2.24) is 4.57 Å². The van der Waals surface area contributed by atoms with Gasteiger partial charge >= 0.3 is 0 Å². The maximum Gasteiger partial charge on any atom is 0.262 e. The lowest BCUT2D eigenvalue weighted by atomic mass is 10.1. The lowest BCUT2D eigenvalue weighted by molar-refractivity contribution is -0.702. The van der Waals surface area contributed by atoms with Crippen LogP contribution in [0.1, 0.15) is 30.7 Å². The first kappa shape index (κ1) is 15.5. The molecule has 26 heavy (non-hydrogen) atoms. The summed E-state index contributed by atoms with van der Waals surface area (Å²) in [5.74, 6) is 3.03. The molecule has 132 valence electrons. The molecule has 0 amide bonds. The van der Waals surface area contributed by atoms with Gasteiger partial charge in [0.25, 0.3) is 5.82 Å². The van der Waals surface area contributed by atoms with E-state index in [0.29, 0.717) is 6.79 Å². The number of nitrogens with zero attached hydrogens (tertiary/aromatic N) is 2. The summed E-state index contributed by atoms with van der Waals surface area (Å²) in [5, 5.41) is 0. The molecule has 0 saturated heterocycles. The Hall–Kier alpha value is -2.75. The molecule has 0 N–H and O–H groups in total. The zero-order valence-corrected chi connectivity index (χ0v) is 15.1. The second-order valence-corrected chi connectivity index (χ2v) is 7.17. The second-order valence-electron chi connectivity index (χ2n) is 7.17. The van der Waals surface area contributed by atoms with Crippen LogP contribution in [0.15, 0.2) is 48.7 Å². The topological polar surface area (TPSA) is 27.3 Å². The van der Waals surface area contributed by atoms with E-state index < -0.39 is 0 Å². The van der Waals surface area contributed by atoms with Gasteiger partial charge in [0, 0.05) is 18.1 Å². The lowest BCUT2D eigenvalue weighted by Crippen LogP contribution is -2.35. The van der Waals surface area contributed by atoms with Crippen molar-refractivity contribution in [2.75, 3.05) is 6.79 Å². The van der Waals surface area contributed by atoms with Gasteiger partial charge in [-0.25, -0.2) is 4.57 Å². The first-order chi connectivity index (χ1) is 12.8. The van der Waals surface area contributed by atoms with Gasteiger partial charge in [0.1, 0.15) is 11.9 Å². The third-order valence-electron chi connectivity index (χ3n) is 5.37. The number of hydrogen-bond donors (Lipinski definition) is 0. The van der Waals surface area contributed by atoms with Crippen LogP contribution in [0.5, 0.6) is 11.5 Å². The fourth-order valence-corrected chi connectivity index (χ4v) is 3.98. The van der Waals surface area contributed by atoms with Crippen LogP contribution in [-0.4, -0.2) is 11.4 Å². The smallest absolute Gasteiger partial charge is 0.262 e. The Bertz CT molecular complexity index is 957. The van der Waals surface area contributed by atoms with Crippen molar-refractivity contribution in [2.45, 2.75) is 39.2 Å². The number of ether oxygens (including phenoxy) is 2. The summed E-state index contributed by atoms with van der Waals surface area (Å²) in [7, 11) is 0. The molecule has 3 heterocycles. The highest BCUT2D eigenvalue weighted by molar-refractivity contribution is 5.63. The number of fused-ring (bicyclic) bond motifs is 2. The fourth-order valence-electron chi connectivity index (χ4n) is 3.98. The van der Waals surface area contributed by atoms with Crippen molar-refractivity contribution >= 4 is 0 Å². The Morgan fingerprint density at radius 2 is 1.77 bits per heavy atom. The number of aromatic nitrogens is 2. The third-order valence-corrected chi connectivity index (χ3v) is 5.37. The normalized spacial score (nSPS) is 15.6. The summed E-state index contributed by atoms with van der Waals surface area (Å²) >= 11 is 0. The molecular weight excluding hydrogens is 324 g/mol. The van der Waals surface area contributed by atoms with Gasteiger partial charge < -0.3 is 9.47 Å². The number of hydrogen-bond acceptors (Lipinski definition) is 2.